The van der Waals surface area contributed by atoms with Crippen LogP contribution in [0.2, 0.25) is 0 Å². The zero-order valence-corrected chi connectivity index (χ0v) is 11.9. The van der Waals surface area contributed by atoms with Gasteiger partial charge >= 0.3 is 5.97 Å². The molecule has 0 unspecified atom stereocenters. The van der Waals surface area contributed by atoms with E-state index in [1.54, 1.807) is 24.3 Å². The highest BCUT2D eigenvalue weighted by atomic mass is 19.1. The molecule has 0 atom stereocenters. The van der Waals surface area contributed by atoms with Crippen LogP contribution >= 0.6 is 0 Å². The van der Waals surface area contributed by atoms with Crippen molar-refractivity contribution in [3.8, 4) is 5.75 Å². The van der Waals surface area contributed by atoms with Gasteiger partial charge in [0.25, 0.3) is 5.91 Å². The van der Waals surface area contributed by atoms with Crippen molar-refractivity contribution in [3.05, 3.63) is 65.5 Å². The maximum absolute atomic E-state index is 13.0. The van der Waals surface area contributed by atoms with Gasteiger partial charge in [-0.2, -0.15) is 5.10 Å². The second kappa shape index (κ2) is 7.69. The van der Waals surface area contributed by atoms with Crippen molar-refractivity contribution in [1.29, 1.82) is 0 Å². The minimum atomic E-state index is -1.10. The molecule has 0 radical (unpaired) electrons. The zero-order chi connectivity index (χ0) is 16.7. The van der Waals surface area contributed by atoms with Crippen LogP contribution in [0, 0.1) is 5.82 Å². The number of rotatable bonds is 6. The second-order valence-corrected chi connectivity index (χ2v) is 4.43. The van der Waals surface area contributed by atoms with Crippen molar-refractivity contribution in [2.24, 2.45) is 5.10 Å². The van der Waals surface area contributed by atoms with Crippen LogP contribution in [-0.2, 0) is 4.79 Å². The smallest absolute Gasteiger partial charge is 0.341 e. The number of ether oxygens (including phenoxy) is 1. The van der Waals surface area contributed by atoms with E-state index in [2.05, 4.69) is 10.5 Å². The van der Waals surface area contributed by atoms with Crippen molar-refractivity contribution in [1.82, 2.24) is 5.43 Å². The fourth-order valence-corrected chi connectivity index (χ4v) is 1.71. The third kappa shape index (κ3) is 4.92. The number of carbonyl (C=O) groups excluding carboxylic acids is 1. The first-order valence-electron chi connectivity index (χ1n) is 6.59. The van der Waals surface area contributed by atoms with E-state index in [0.717, 1.165) is 6.07 Å². The number of hydrogen-bond acceptors (Lipinski definition) is 4. The summed E-state index contributed by atoms with van der Waals surface area (Å²) in [7, 11) is 0. The number of hydrazone groups is 1. The topological polar surface area (TPSA) is 88.0 Å². The van der Waals surface area contributed by atoms with Crippen molar-refractivity contribution < 1.29 is 23.8 Å². The highest BCUT2D eigenvalue weighted by Crippen LogP contribution is 2.15. The standard InChI is InChI=1S/C16H13FN2O4/c17-13-6-3-5-11(8-13)16(22)19-18-9-12-4-1-2-7-14(12)23-10-15(20)21/h1-9H,10H2,(H,19,22)(H,20,21). The molecule has 0 aromatic heterocycles. The molecular weight excluding hydrogens is 303 g/mol. The Bertz CT molecular complexity index is 746. The summed E-state index contributed by atoms with van der Waals surface area (Å²) < 4.78 is 18.1. The highest BCUT2D eigenvalue weighted by molar-refractivity contribution is 5.95. The summed E-state index contributed by atoms with van der Waals surface area (Å²) in [6.45, 7) is -0.486. The van der Waals surface area contributed by atoms with Gasteiger partial charge in [-0.15, -0.1) is 0 Å². The molecule has 0 fully saturated rings. The van der Waals surface area contributed by atoms with Gasteiger partial charge in [-0.05, 0) is 30.3 Å². The first-order chi connectivity index (χ1) is 11.1. The number of carbonyl (C=O) groups is 2. The number of halogens is 1. The van der Waals surface area contributed by atoms with E-state index in [-0.39, 0.29) is 5.56 Å². The summed E-state index contributed by atoms with van der Waals surface area (Å²) in [5.41, 5.74) is 2.89. The van der Waals surface area contributed by atoms with E-state index in [0.29, 0.717) is 11.3 Å². The van der Waals surface area contributed by atoms with Crippen molar-refractivity contribution in [2.75, 3.05) is 6.61 Å². The Kier molecular flexibility index (Phi) is 5.40. The van der Waals surface area contributed by atoms with E-state index >= 15 is 0 Å². The Hall–Kier alpha value is -3.22. The molecule has 0 aliphatic carbocycles. The van der Waals surface area contributed by atoms with E-state index in [4.69, 9.17) is 9.84 Å². The molecular formula is C16H13FN2O4. The molecule has 0 heterocycles. The van der Waals surface area contributed by atoms with Crippen LogP contribution in [0.5, 0.6) is 5.75 Å². The van der Waals surface area contributed by atoms with Gasteiger partial charge in [-0.25, -0.2) is 14.6 Å². The van der Waals surface area contributed by atoms with Gasteiger partial charge in [-0.1, -0.05) is 18.2 Å². The number of para-hydroxylation sites is 1. The van der Waals surface area contributed by atoms with E-state index < -0.39 is 24.3 Å². The zero-order valence-electron chi connectivity index (χ0n) is 11.9. The average Bonchev–Trinajstić information content (AvgIpc) is 2.53. The Balaban J connectivity index is 2.03. The summed E-state index contributed by atoms with van der Waals surface area (Å²) >= 11 is 0. The van der Waals surface area contributed by atoms with E-state index in [1.165, 1.54) is 24.4 Å². The van der Waals surface area contributed by atoms with Crippen LogP contribution in [-0.4, -0.2) is 29.8 Å². The maximum atomic E-state index is 13.0. The van der Waals surface area contributed by atoms with E-state index in [9.17, 15) is 14.0 Å². The monoisotopic (exact) mass is 316 g/mol. The summed E-state index contributed by atoms with van der Waals surface area (Å²) in [5, 5.41) is 12.4. The van der Waals surface area contributed by atoms with Crippen LogP contribution in [0.15, 0.2) is 53.6 Å². The summed E-state index contributed by atoms with van der Waals surface area (Å²) in [6.07, 6.45) is 1.31. The van der Waals surface area contributed by atoms with Gasteiger partial charge in [0.2, 0.25) is 0 Å². The average molecular weight is 316 g/mol. The number of hydrogen-bond donors (Lipinski definition) is 2. The molecule has 0 saturated heterocycles. The number of nitrogens with zero attached hydrogens (tertiary/aromatic N) is 1. The number of carboxylic acid groups (broad SMARTS) is 1. The molecule has 7 heteroatoms. The fraction of sp³-hybridized carbons (Fsp3) is 0.0625. The predicted octanol–water partition coefficient (Wildman–Crippen LogP) is 2.05. The van der Waals surface area contributed by atoms with Gasteiger partial charge in [0.15, 0.2) is 6.61 Å². The van der Waals surface area contributed by atoms with Gasteiger partial charge in [0, 0.05) is 11.1 Å². The van der Waals surface area contributed by atoms with Gasteiger partial charge in [-0.3, -0.25) is 4.79 Å². The minimum Gasteiger partial charge on any atom is -0.481 e. The first-order valence-corrected chi connectivity index (χ1v) is 6.59. The Labute approximate surface area is 131 Å². The highest BCUT2D eigenvalue weighted by Gasteiger charge is 2.06. The third-order valence-corrected chi connectivity index (χ3v) is 2.73. The Morgan fingerprint density at radius 2 is 2.00 bits per heavy atom. The largest absolute Gasteiger partial charge is 0.481 e. The maximum Gasteiger partial charge on any atom is 0.341 e. The van der Waals surface area contributed by atoms with Gasteiger partial charge in [0.05, 0.1) is 6.21 Å². The molecule has 2 rings (SSSR count). The molecule has 2 aromatic carbocycles. The van der Waals surface area contributed by atoms with E-state index in [1.807, 2.05) is 0 Å². The van der Waals surface area contributed by atoms with Crippen molar-refractivity contribution in [2.45, 2.75) is 0 Å². The quantitative estimate of drug-likeness (QED) is 0.630. The molecule has 0 spiro atoms. The number of nitrogens with one attached hydrogen (secondary N) is 1. The lowest BCUT2D eigenvalue weighted by molar-refractivity contribution is -0.139. The Morgan fingerprint density at radius 3 is 2.74 bits per heavy atom. The normalized spacial score (nSPS) is 10.5. The lowest BCUT2D eigenvalue weighted by Gasteiger charge is -2.06. The predicted molar refractivity (Wildman–Crippen MR) is 81.0 cm³/mol. The van der Waals surface area contributed by atoms with Crippen molar-refractivity contribution >= 4 is 18.1 Å². The van der Waals surface area contributed by atoms with Crippen molar-refractivity contribution in [3.63, 3.8) is 0 Å². The van der Waals surface area contributed by atoms with Gasteiger partial charge in [0.1, 0.15) is 11.6 Å². The molecule has 1 amide bonds. The first kappa shape index (κ1) is 16.2. The third-order valence-electron chi connectivity index (χ3n) is 2.73. The molecule has 0 bridgehead atoms. The molecule has 6 nitrogen and oxygen atoms in total. The molecule has 0 saturated carbocycles. The molecule has 0 aliphatic heterocycles. The lowest BCUT2D eigenvalue weighted by Crippen LogP contribution is -2.17. The summed E-state index contributed by atoms with van der Waals surface area (Å²) in [4.78, 5) is 22.3. The lowest BCUT2D eigenvalue weighted by atomic mass is 10.2. The molecule has 118 valence electrons. The molecule has 0 aliphatic rings. The summed E-state index contributed by atoms with van der Waals surface area (Å²) in [6, 6.07) is 11.8. The molecule has 23 heavy (non-hydrogen) atoms. The SMILES string of the molecule is O=C(O)COc1ccccc1C=NNC(=O)c1cccc(F)c1. The molecule has 2 aromatic rings. The number of benzene rings is 2. The Morgan fingerprint density at radius 1 is 1.22 bits per heavy atom. The number of amides is 1. The van der Waals surface area contributed by atoms with Crippen LogP contribution in [0.1, 0.15) is 15.9 Å². The number of carboxylic acids is 1. The van der Waals surface area contributed by atoms with Crippen LogP contribution < -0.4 is 10.2 Å². The second-order valence-electron chi connectivity index (χ2n) is 4.43. The van der Waals surface area contributed by atoms with Crippen LogP contribution in [0.4, 0.5) is 4.39 Å². The van der Waals surface area contributed by atoms with Crippen LogP contribution in [0.3, 0.4) is 0 Å². The van der Waals surface area contributed by atoms with Crippen LogP contribution in [0.25, 0.3) is 0 Å². The fourth-order valence-electron chi connectivity index (χ4n) is 1.71. The number of aliphatic carboxylic acids is 1. The summed E-state index contributed by atoms with van der Waals surface area (Å²) in [5.74, 6) is -1.87. The molecule has 2 N–H and O–H groups in total. The minimum absolute atomic E-state index is 0.137. The van der Waals surface area contributed by atoms with Gasteiger partial charge < -0.3 is 9.84 Å².